The molecule has 1 fully saturated rings. The maximum Gasteiger partial charge on any atom is 0.239 e. The van der Waals surface area contributed by atoms with E-state index in [2.05, 4.69) is 34.1 Å². The lowest BCUT2D eigenvalue weighted by atomic mass is 9.98. The van der Waals surface area contributed by atoms with Gasteiger partial charge >= 0.3 is 0 Å². The van der Waals surface area contributed by atoms with Crippen molar-refractivity contribution in [3.63, 3.8) is 0 Å². The number of rotatable bonds is 6. The fourth-order valence-corrected chi connectivity index (χ4v) is 2.10. The van der Waals surface area contributed by atoms with Gasteiger partial charge in [0, 0.05) is 37.1 Å². The average Bonchev–Trinajstić information content (AvgIpc) is 2.70. The van der Waals surface area contributed by atoms with E-state index in [9.17, 15) is 4.79 Å². The van der Waals surface area contributed by atoms with Crippen molar-refractivity contribution in [2.75, 3.05) is 26.2 Å². The Hall–Kier alpha value is -1.30. The van der Waals surface area contributed by atoms with Crippen LogP contribution < -0.4 is 11.1 Å². The number of hydrogen-bond acceptors (Lipinski definition) is 4. The van der Waals surface area contributed by atoms with Crippen LogP contribution >= 0.6 is 0 Å². The molecule has 3 N–H and O–H groups in total. The number of primary amides is 1. The highest BCUT2D eigenvalue weighted by atomic mass is 16.1. The van der Waals surface area contributed by atoms with E-state index in [-0.39, 0.29) is 5.91 Å². The highest BCUT2D eigenvalue weighted by Crippen LogP contribution is 2.22. The predicted octanol–water partition coefficient (Wildman–Crippen LogP) is 0.225. The second-order valence-electron chi connectivity index (χ2n) is 4.64. The fraction of sp³-hybridized carbons (Fsp3) is 0.900. The fourth-order valence-electron chi connectivity index (χ4n) is 2.10. The molecule has 96 valence electrons. The van der Waals surface area contributed by atoms with Gasteiger partial charge in [-0.1, -0.05) is 5.11 Å². The molecule has 1 heterocycles. The number of azide groups is 1. The molecule has 0 aromatic heterocycles. The highest BCUT2D eigenvalue weighted by molar-refractivity contribution is 5.85. The molecule has 17 heavy (non-hydrogen) atoms. The summed E-state index contributed by atoms with van der Waals surface area (Å²) in [7, 11) is 0. The van der Waals surface area contributed by atoms with Crippen molar-refractivity contribution in [2.24, 2.45) is 10.8 Å². The van der Waals surface area contributed by atoms with Gasteiger partial charge in [0.25, 0.3) is 0 Å². The molecule has 7 nitrogen and oxygen atoms in total. The summed E-state index contributed by atoms with van der Waals surface area (Å²) in [4.78, 5) is 16.5. The van der Waals surface area contributed by atoms with Crippen LogP contribution in [0.2, 0.25) is 0 Å². The van der Waals surface area contributed by atoms with Crippen LogP contribution in [0.5, 0.6) is 0 Å². The van der Waals surface area contributed by atoms with Crippen molar-refractivity contribution < 1.29 is 4.79 Å². The molecule has 1 saturated heterocycles. The Balaban J connectivity index is 2.59. The summed E-state index contributed by atoms with van der Waals surface area (Å²) in [6.07, 6.45) is 0.705. The van der Waals surface area contributed by atoms with Crippen LogP contribution in [0.25, 0.3) is 10.4 Å². The maximum atomic E-state index is 11.6. The third-order valence-electron chi connectivity index (χ3n) is 3.24. The number of nitrogens with one attached hydrogen (secondary N) is 1. The molecule has 1 aliphatic heterocycles. The van der Waals surface area contributed by atoms with Crippen LogP contribution in [-0.2, 0) is 4.79 Å². The number of carbonyl (C=O) groups excluding carboxylic acids is 1. The van der Waals surface area contributed by atoms with Gasteiger partial charge in [0.15, 0.2) is 0 Å². The van der Waals surface area contributed by atoms with Crippen LogP contribution in [0.1, 0.15) is 20.3 Å². The second kappa shape index (κ2) is 5.86. The first-order valence-electron chi connectivity index (χ1n) is 5.82. The molecule has 1 rings (SSSR count). The monoisotopic (exact) mass is 240 g/mol. The number of hydrogen-bond donors (Lipinski definition) is 2. The van der Waals surface area contributed by atoms with E-state index < -0.39 is 5.54 Å². The number of carbonyl (C=O) groups is 1. The molecule has 7 heteroatoms. The van der Waals surface area contributed by atoms with Gasteiger partial charge in [0.05, 0.1) is 0 Å². The molecule has 0 radical (unpaired) electrons. The zero-order chi connectivity index (χ0) is 12.9. The van der Waals surface area contributed by atoms with Crippen LogP contribution in [0.3, 0.4) is 0 Å². The third kappa shape index (κ3) is 3.33. The molecule has 0 spiro atoms. The quantitative estimate of drug-likeness (QED) is 0.300. The first-order valence-corrected chi connectivity index (χ1v) is 5.82. The van der Waals surface area contributed by atoms with Crippen molar-refractivity contribution in [1.82, 2.24) is 10.2 Å². The Morgan fingerprint density at radius 1 is 1.71 bits per heavy atom. The lowest BCUT2D eigenvalue weighted by molar-refractivity contribution is -0.124. The van der Waals surface area contributed by atoms with E-state index in [1.807, 2.05) is 0 Å². The van der Waals surface area contributed by atoms with Gasteiger partial charge in [-0.15, -0.1) is 0 Å². The van der Waals surface area contributed by atoms with E-state index in [0.29, 0.717) is 32.1 Å². The normalized spacial score (nSPS) is 24.9. The summed E-state index contributed by atoms with van der Waals surface area (Å²) in [6.45, 7) is 6.46. The van der Waals surface area contributed by atoms with E-state index in [1.165, 1.54) is 0 Å². The molecule has 0 bridgehead atoms. The van der Waals surface area contributed by atoms with E-state index in [0.717, 1.165) is 6.54 Å². The highest BCUT2D eigenvalue weighted by Gasteiger charge is 2.43. The number of nitrogens with two attached hydrogens (primary N) is 1. The van der Waals surface area contributed by atoms with E-state index in [4.69, 9.17) is 11.3 Å². The molecule has 0 aliphatic carbocycles. The van der Waals surface area contributed by atoms with Crippen molar-refractivity contribution in [1.29, 1.82) is 0 Å². The summed E-state index contributed by atoms with van der Waals surface area (Å²) >= 11 is 0. The van der Waals surface area contributed by atoms with Gasteiger partial charge in [-0.05, 0) is 25.8 Å². The summed E-state index contributed by atoms with van der Waals surface area (Å²) in [6, 6.07) is 0.398. The van der Waals surface area contributed by atoms with Gasteiger partial charge in [-0.3, -0.25) is 9.69 Å². The topological polar surface area (TPSA) is 107 Å². The Morgan fingerprint density at radius 3 is 2.88 bits per heavy atom. The van der Waals surface area contributed by atoms with Gasteiger partial charge in [0.2, 0.25) is 5.91 Å². The van der Waals surface area contributed by atoms with Gasteiger partial charge in [0.1, 0.15) is 5.54 Å². The Morgan fingerprint density at radius 2 is 2.41 bits per heavy atom. The van der Waals surface area contributed by atoms with Crippen LogP contribution in [0.4, 0.5) is 0 Å². The van der Waals surface area contributed by atoms with Gasteiger partial charge in [-0.25, -0.2) is 0 Å². The summed E-state index contributed by atoms with van der Waals surface area (Å²) < 4.78 is 0. The Labute approximate surface area is 101 Å². The largest absolute Gasteiger partial charge is 0.368 e. The second-order valence-corrected chi connectivity index (χ2v) is 4.64. The molecule has 0 aromatic rings. The van der Waals surface area contributed by atoms with E-state index in [1.54, 1.807) is 0 Å². The Kier molecular flexibility index (Phi) is 4.74. The molecule has 0 aromatic carbocycles. The maximum absolute atomic E-state index is 11.6. The molecule has 1 amide bonds. The zero-order valence-electron chi connectivity index (χ0n) is 10.4. The van der Waals surface area contributed by atoms with Gasteiger partial charge < -0.3 is 11.1 Å². The zero-order valence-corrected chi connectivity index (χ0v) is 10.4. The molecule has 1 unspecified atom stereocenters. The molecular weight excluding hydrogens is 220 g/mol. The number of likely N-dealkylation sites (tertiary alicyclic amines) is 1. The minimum Gasteiger partial charge on any atom is -0.368 e. The summed E-state index contributed by atoms with van der Waals surface area (Å²) in [5, 5.41) is 6.56. The lowest BCUT2D eigenvalue weighted by Crippen LogP contribution is -2.58. The van der Waals surface area contributed by atoms with Gasteiger partial charge in [-0.2, -0.15) is 0 Å². The average molecular weight is 240 g/mol. The van der Waals surface area contributed by atoms with Crippen LogP contribution in [-0.4, -0.2) is 48.6 Å². The molecule has 0 saturated carbocycles. The Bertz CT molecular complexity index is 325. The van der Waals surface area contributed by atoms with Crippen molar-refractivity contribution in [2.45, 2.75) is 31.8 Å². The third-order valence-corrected chi connectivity index (χ3v) is 3.24. The lowest BCUT2D eigenvalue weighted by Gasteiger charge is -2.28. The predicted molar refractivity (Wildman–Crippen MR) is 65.3 cm³/mol. The molecule has 1 aliphatic rings. The first kappa shape index (κ1) is 13.8. The van der Waals surface area contributed by atoms with E-state index >= 15 is 0 Å². The first-order chi connectivity index (χ1) is 8.02. The smallest absolute Gasteiger partial charge is 0.239 e. The number of nitrogens with zero attached hydrogens (tertiary/aromatic N) is 4. The van der Waals surface area contributed by atoms with Crippen LogP contribution in [0, 0.1) is 0 Å². The minimum absolute atomic E-state index is 0.327. The van der Waals surface area contributed by atoms with Crippen LogP contribution in [0.15, 0.2) is 5.11 Å². The summed E-state index contributed by atoms with van der Waals surface area (Å²) in [5.41, 5.74) is 13.0. The molecule has 1 atom stereocenters. The standard InChI is InChI=1S/C10H20N6O/c1-8(2)16-6-3-10(7-16,9(11)17)13-4-5-14-15-12/h8,13H,3-7H2,1-2H3,(H2,11,17). The SMILES string of the molecule is CC(C)N1CCC(NCCN=[N+]=[N-])(C(N)=O)C1. The van der Waals surface area contributed by atoms with Crippen molar-refractivity contribution in [3.05, 3.63) is 10.4 Å². The number of amides is 1. The van der Waals surface area contributed by atoms with Crippen molar-refractivity contribution in [3.8, 4) is 0 Å². The summed E-state index contributed by atoms with van der Waals surface area (Å²) in [5.74, 6) is -0.332. The minimum atomic E-state index is -0.671. The molecular formula is C10H20N6O. The van der Waals surface area contributed by atoms with Crippen molar-refractivity contribution >= 4 is 5.91 Å².